The first-order chi connectivity index (χ1) is 36.3. The molecular formula is C72H52N2. The summed E-state index contributed by atoms with van der Waals surface area (Å²) in [5.74, 6) is 0. The van der Waals surface area contributed by atoms with E-state index in [0.717, 1.165) is 17.1 Å². The fraction of sp³-hybridized carbons (Fsp3) is 0.0833. The number of benzene rings is 11. The van der Waals surface area contributed by atoms with Crippen LogP contribution < -0.4 is 4.90 Å². The number of fused-ring (bicyclic) bond motifs is 16. The Hall–Kier alpha value is -8.98. The van der Waals surface area contributed by atoms with Crippen LogP contribution in [0.1, 0.15) is 58.4 Å². The monoisotopic (exact) mass is 944 g/mol. The number of rotatable bonds is 6. The van der Waals surface area contributed by atoms with Crippen molar-refractivity contribution in [3.8, 4) is 61.3 Å². The van der Waals surface area contributed by atoms with Gasteiger partial charge in [0.2, 0.25) is 0 Å². The van der Waals surface area contributed by atoms with Crippen LogP contribution in [-0.2, 0) is 10.8 Å². The first-order valence-electron chi connectivity index (χ1n) is 26.1. The molecule has 1 aromatic heterocycles. The van der Waals surface area contributed by atoms with E-state index >= 15 is 0 Å². The van der Waals surface area contributed by atoms with Crippen LogP contribution in [0.4, 0.5) is 17.1 Å². The molecule has 1 heterocycles. The summed E-state index contributed by atoms with van der Waals surface area (Å²) in [7, 11) is 0. The first-order valence-corrected chi connectivity index (χ1v) is 26.1. The molecule has 0 aliphatic heterocycles. The molecule has 0 bridgehead atoms. The smallest absolute Gasteiger partial charge is 0.0726 e. The average molecular weight is 945 g/mol. The standard InChI is InChI=1S/C72H52N2/c1-45-26-37-59-65(40-45)72(62-23-13-9-19-55(62)56-20-10-14-24-63(56)72)66-41-46(2)42-69(70(59)66)74-67-25-15-11-21-58(67)60-43-50(31-39-68(60)74)49-29-34-52(35-30-49)73(51-32-27-48(28-33-51)47-16-6-5-7-17-47)53-36-38-57-54-18-8-12-22-61(54)71(3,4)64(57)44-53/h5-44H,1-4H3. The fourth-order valence-electron chi connectivity index (χ4n) is 13.6. The number of hydrogen-bond donors (Lipinski definition) is 0. The largest absolute Gasteiger partial charge is 0.310 e. The second-order valence-corrected chi connectivity index (χ2v) is 21.4. The quantitative estimate of drug-likeness (QED) is 0.161. The molecule has 11 aromatic carbocycles. The molecule has 2 nitrogen and oxygen atoms in total. The molecule has 0 radical (unpaired) electrons. The Morgan fingerprint density at radius 2 is 0.838 bits per heavy atom. The molecule has 0 N–H and O–H groups in total. The number of anilines is 3. The predicted octanol–water partition coefficient (Wildman–Crippen LogP) is 18.9. The van der Waals surface area contributed by atoms with Crippen molar-refractivity contribution in [3.05, 3.63) is 287 Å². The van der Waals surface area contributed by atoms with Crippen LogP contribution in [0.5, 0.6) is 0 Å². The van der Waals surface area contributed by atoms with Gasteiger partial charge in [-0.15, -0.1) is 0 Å². The third-order valence-electron chi connectivity index (χ3n) is 16.9. The maximum atomic E-state index is 2.55. The van der Waals surface area contributed by atoms with Gasteiger partial charge in [-0.2, -0.15) is 0 Å². The summed E-state index contributed by atoms with van der Waals surface area (Å²) in [6.45, 7) is 9.24. The molecular weight excluding hydrogens is 893 g/mol. The molecule has 2 heteroatoms. The molecule has 3 aliphatic rings. The number of aromatic nitrogens is 1. The van der Waals surface area contributed by atoms with Crippen molar-refractivity contribution in [3.63, 3.8) is 0 Å². The van der Waals surface area contributed by atoms with E-state index in [-0.39, 0.29) is 5.41 Å². The van der Waals surface area contributed by atoms with Crippen molar-refractivity contribution in [2.24, 2.45) is 0 Å². The normalized spacial score (nSPS) is 13.9. The van der Waals surface area contributed by atoms with Crippen LogP contribution in [0, 0.1) is 13.8 Å². The topological polar surface area (TPSA) is 8.17 Å². The van der Waals surface area contributed by atoms with Gasteiger partial charge in [-0.25, -0.2) is 0 Å². The summed E-state index contributed by atoms with van der Waals surface area (Å²) in [5.41, 5.74) is 29.9. The van der Waals surface area contributed by atoms with Gasteiger partial charge in [0, 0.05) is 38.8 Å². The van der Waals surface area contributed by atoms with Gasteiger partial charge in [0.1, 0.15) is 0 Å². The van der Waals surface area contributed by atoms with E-state index in [1.54, 1.807) is 0 Å². The maximum Gasteiger partial charge on any atom is 0.0726 e. The van der Waals surface area contributed by atoms with Gasteiger partial charge in [-0.05, 0) is 164 Å². The molecule has 0 saturated carbocycles. The zero-order chi connectivity index (χ0) is 49.5. The van der Waals surface area contributed by atoms with Crippen LogP contribution >= 0.6 is 0 Å². The number of nitrogens with zero attached hydrogens (tertiary/aromatic N) is 2. The molecule has 3 aliphatic carbocycles. The Balaban J connectivity index is 0.865. The van der Waals surface area contributed by atoms with E-state index < -0.39 is 5.41 Å². The second-order valence-electron chi connectivity index (χ2n) is 21.4. The molecule has 15 rings (SSSR count). The van der Waals surface area contributed by atoms with Crippen molar-refractivity contribution in [1.82, 2.24) is 4.57 Å². The van der Waals surface area contributed by atoms with E-state index in [4.69, 9.17) is 0 Å². The lowest BCUT2D eigenvalue weighted by molar-refractivity contribution is 0.660. The van der Waals surface area contributed by atoms with Crippen molar-refractivity contribution < 1.29 is 0 Å². The molecule has 1 spiro atoms. The van der Waals surface area contributed by atoms with Crippen LogP contribution in [0.3, 0.4) is 0 Å². The average Bonchev–Trinajstić information content (AvgIpc) is 4.27. The molecule has 12 aromatic rings. The number of hydrogen-bond acceptors (Lipinski definition) is 1. The molecule has 0 unspecified atom stereocenters. The summed E-state index contributed by atoms with van der Waals surface area (Å²) in [6, 6.07) is 91.2. The Kier molecular flexibility index (Phi) is 9.09. The highest BCUT2D eigenvalue weighted by Gasteiger charge is 2.52. The van der Waals surface area contributed by atoms with Gasteiger partial charge in [-0.3, -0.25) is 0 Å². The van der Waals surface area contributed by atoms with Crippen molar-refractivity contribution in [2.75, 3.05) is 4.90 Å². The van der Waals surface area contributed by atoms with Gasteiger partial charge in [0.25, 0.3) is 0 Å². The van der Waals surface area contributed by atoms with Crippen LogP contribution in [-0.4, -0.2) is 4.57 Å². The van der Waals surface area contributed by atoms with Gasteiger partial charge in [0.15, 0.2) is 0 Å². The molecule has 0 fully saturated rings. The minimum atomic E-state index is -0.424. The van der Waals surface area contributed by atoms with Crippen LogP contribution in [0.15, 0.2) is 243 Å². The lowest BCUT2D eigenvalue weighted by atomic mass is 9.70. The van der Waals surface area contributed by atoms with E-state index in [1.807, 2.05) is 0 Å². The van der Waals surface area contributed by atoms with Crippen molar-refractivity contribution >= 4 is 38.9 Å². The third-order valence-corrected chi connectivity index (χ3v) is 16.9. The number of aryl methyl sites for hydroxylation is 2. The summed E-state index contributed by atoms with van der Waals surface area (Å²) < 4.78 is 2.55. The Morgan fingerprint density at radius 1 is 0.324 bits per heavy atom. The Bertz CT molecular complexity index is 4240. The summed E-state index contributed by atoms with van der Waals surface area (Å²) in [4.78, 5) is 2.42. The molecule has 0 amide bonds. The maximum absolute atomic E-state index is 2.55. The zero-order valence-electron chi connectivity index (χ0n) is 42.0. The first kappa shape index (κ1) is 42.7. The van der Waals surface area contributed by atoms with Gasteiger partial charge < -0.3 is 9.47 Å². The zero-order valence-corrected chi connectivity index (χ0v) is 42.0. The predicted molar refractivity (Wildman–Crippen MR) is 310 cm³/mol. The molecule has 0 atom stereocenters. The van der Waals surface area contributed by atoms with Gasteiger partial charge in [0.05, 0.1) is 22.1 Å². The van der Waals surface area contributed by atoms with E-state index in [9.17, 15) is 0 Å². The summed E-state index contributed by atoms with van der Waals surface area (Å²) in [6.07, 6.45) is 0. The van der Waals surface area contributed by atoms with E-state index in [1.165, 1.54) is 128 Å². The Labute approximate surface area is 433 Å². The van der Waals surface area contributed by atoms with Crippen molar-refractivity contribution in [1.29, 1.82) is 0 Å². The minimum Gasteiger partial charge on any atom is -0.310 e. The highest BCUT2D eigenvalue weighted by molar-refractivity contribution is 6.12. The van der Waals surface area contributed by atoms with Gasteiger partial charge >= 0.3 is 0 Å². The third kappa shape index (κ3) is 5.94. The van der Waals surface area contributed by atoms with E-state index in [0.29, 0.717) is 0 Å². The van der Waals surface area contributed by atoms with E-state index in [2.05, 4.69) is 280 Å². The van der Waals surface area contributed by atoms with Crippen LogP contribution in [0.2, 0.25) is 0 Å². The number of para-hydroxylation sites is 1. The van der Waals surface area contributed by atoms with Crippen molar-refractivity contribution in [2.45, 2.75) is 38.5 Å². The minimum absolute atomic E-state index is 0.115. The second kappa shape index (κ2) is 15.8. The summed E-state index contributed by atoms with van der Waals surface area (Å²) in [5, 5.41) is 2.49. The van der Waals surface area contributed by atoms with Gasteiger partial charge in [-0.1, -0.05) is 201 Å². The molecule has 74 heavy (non-hydrogen) atoms. The lowest BCUT2D eigenvalue weighted by Crippen LogP contribution is -2.26. The lowest BCUT2D eigenvalue weighted by Gasteiger charge is -2.31. The van der Waals surface area contributed by atoms with Crippen LogP contribution in [0.25, 0.3) is 83.1 Å². The Morgan fingerprint density at radius 3 is 1.54 bits per heavy atom. The SMILES string of the molecule is Cc1ccc2c(c1)C1(c3ccccc3-c3ccccc31)c1cc(C)cc(-n3c4ccccc4c4cc(-c5ccc(N(c6ccc(-c7ccccc7)cc6)c6ccc7c(c6)C(C)(C)c6ccccc6-7)cc5)ccc43)c1-2. The summed E-state index contributed by atoms with van der Waals surface area (Å²) >= 11 is 0. The fourth-order valence-corrected chi connectivity index (χ4v) is 13.6. The highest BCUT2D eigenvalue weighted by Crippen LogP contribution is 2.64. The highest BCUT2D eigenvalue weighted by atomic mass is 15.1. The molecule has 0 saturated heterocycles. The molecule has 350 valence electrons.